The number of hydrogen-bond donors (Lipinski definition) is 0. The molecule has 0 N–H and O–H groups in total. The largest absolute Gasteiger partial charge is 0.493 e. The van der Waals surface area contributed by atoms with Gasteiger partial charge in [-0.2, -0.15) is 0 Å². The van der Waals surface area contributed by atoms with Gasteiger partial charge in [0, 0.05) is 0 Å². The van der Waals surface area contributed by atoms with E-state index >= 15 is 0 Å². The van der Waals surface area contributed by atoms with Crippen molar-refractivity contribution < 1.29 is 27.9 Å². The maximum absolute atomic E-state index is 11.9. The number of ether oxygens (including phenoxy) is 3. The predicted octanol–water partition coefficient (Wildman–Crippen LogP) is 2.49. The van der Waals surface area contributed by atoms with Crippen LogP contribution in [0.25, 0.3) is 0 Å². The highest BCUT2D eigenvalue weighted by molar-refractivity contribution is 6.70. The van der Waals surface area contributed by atoms with E-state index < -0.39 is 34.8 Å². The Hall–Kier alpha value is -0.836. The summed E-state index contributed by atoms with van der Waals surface area (Å²) in [6, 6.07) is 0. The summed E-state index contributed by atoms with van der Waals surface area (Å²) >= 11 is 0. The van der Waals surface area contributed by atoms with Crippen molar-refractivity contribution in [2.24, 2.45) is 0 Å². The van der Waals surface area contributed by atoms with E-state index in [-0.39, 0.29) is 5.76 Å². The van der Waals surface area contributed by atoms with Gasteiger partial charge in [-0.1, -0.05) is 0 Å². The number of rotatable bonds is 8. The molecule has 1 rings (SSSR count). The van der Waals surface area contributed by atoms with Crippen molar-refractivity contribution >= 4 is 22.6 Å². The van der Waals surface area contributed by atoms with E-state index in [0.717, 1.165) is 0 Å². The Morgan fingerprint density at radius 3 is 2.05 bits per heavy atom. The number of esters is 1. The minimum Gasteiger partial charge on any atom is -0.493 e. The summed E-state index contributed by atoms with van der Waals surface area (Å²) in [5, 5.41) is 0. The van der Waals surface area contributed by atoms with Crippen LogP contribution < -0.4 is 0 Å². The van der Waals surface area contributed by atoms with Gasteiger partial charge in [-0.15, -0.1) is 0 Å². The lowest BCUT2D eigenvalue weighted by molar-refractivity contribution is -0.147. The standard InChI is InChI=1S/C14H28O6Si2/c1-16-12-11(19-14(15)13(12)17-2)10(20-22(6,7)8)9-18-21(3,4)5/h10-11H,9H2,1-8H3/t10-,11+/m0/s1. The zero-order chi connectivity index (χ0) is 17.1. The Morgan fingerprint density at radius 1 is 1.05 bits per heavy atom. The van der Waals surface area contributed by atoms with Gasteiger partial charge in [0.25, 0.3) is 0 Å². The molecule has 22 heavy (non-hydrogen) atoms. The van der Waals surface area contributed by atoms with Gasteiger partial charge in [0.1, 0.15) is 6.10 Å². The fourth-order valence-electron chi connectivity index (χ4n) is 2.06. The van der Waals surface area contributed by atoms with Crippen LogP contribution in [-0.4, -0.2) is 55.6 Å². The molecule has 0 unspecified atom stereocenters. The SMILES string of the molecule is COC1=C(OC)[C@@H]([C@H](CO[Si](C)(C)C)O[Si](C)(C)C)OC1=O. The lowest BCUT2D eigenvalue weighted by Crippen LogP contribution is -2.45. The maximum Gasteiger partial charge on any atom is 0.378 e. The smallest absolute Gasteiger partial charge is 0.378 e. The molecule has 128 valence electrons. The highest BCUT2D eigenvalue weighted by atomic mass is 28.4. The summed E-state index contributed by atoms with van der Waals surface area (Å²) in [4.78, 5) is 11.9. The van der Waals surface area contributed by atoms with Gasteiger partial charge in [-0.3, -0.25) is 0 Å². The normalized spacial score (nSPS) is 20.9. The van der Waals surface area contributed by atoms with Crippen molar-refractivity contribution in [3.63, 3.8) is 0 Å². The second kappa shape index (κ2) is 7.16. The second-order valence-corrected chi connectivity index (χ2v) is 16.1. The Morgan fingerprint density at radius 2 is 1.64 bits per heavy atom. The minimum absolute atomic E-state index is 0.102. The van der Waals surface area contributed by atoms with Gasteiger partial charge in [-0.25, -0.2) is 4.79 Å². The molecule has 0 aliphatic carbocycles. The van der Waals surface area contributed by atoms with Gasteiger partial charge in [0.15, 0.2) is 28.5 Å². The van der Waals surface area contributed by atoms with Crippen molar-refractivity contribution in [1.82, 2.24) is 0 Å². The summed E-state index contributed by atoms with van der Waals surface area (Å²) in [5.74, 6) is -0.0545. The first kappa shape index (κ1) is 19.2. The fraction of sp³-hybridized carbons (Fsp3) is 0.786. The predicted molar refractivity (Wildman–Crippen MR) is 88.4 cm³/mol. The van der Waals surface area contributed by atoms with Crippen LogP contribution in [0.4, 0.5) is 0 Å². The topological polar surface area (TPSA) is 63.2 Å². The zero-order valence-electron chi connectivity index (χ0n) is 14.8. The van der Waals surface area contributed by atoms with Crippen LogP contribution in [0.2, 0.25) is 39.3 Å². The first-order valence-corrected chi connectivity index (χ1v) is 14.1. The van der Waals surface area contributed by atoms with Crippen LogP contribution in [0.3, 0.4) is 0 Å². The Bertz CT molecular complexity index is 436. The monoisotopic (exact) mass is 348 g/mol. The van der Waals surface area contributed by atoms with Crippen LogP contribution in [-0.2, 0) is 27.9 Å². The summed E-state index contributed by atoms with van der Waals surface area (Å²) in [6.07, 6.45) is -1.03. The van der Waals surface area contributed by atoms with Crippen LogP contribution in [0.1, 0.15) is 0 Å². The Balaban J connectivity index is 3.00. The van der Waals surface area contributed by atoms with Crippen molar-refractivity contribution in [3.05, 3.63) is 11.5 Å². The first-order valence-electron chi connectivity index (χ1n) is 7.33. The molecule has 0 aromatic rings. The number of carbonyl (C=O) groups is 1. The van der Waals surface area contributed by atoms with Crippen LogP contribution in [0.5, 0.6) is 0 Å². The van der Waals surface area contributed by atoms with E-state index in [9.17, 15) is 4.79 Å². The Labute approximate surface area is 135 Å². The minimum atomic E-state index is -1.86. The molecule has 0 bridgehead atoms. The van der Waals surface area contributed by atoms with Gasteiger partial charge in [0.2, 0.25) is 5.76 Å². The van der Waals surface area contributed by atoms with E-state index in [4.69, 9.17) is 23.1 Å². The average molecular weight is 349 g/mol. The molecule has 1 heterocycles. The molecule has 0 saturated carbocycles. The third-order valence-corrected chi connectivity index (χ3v) is 4.89. The van der Waals surface area contributed by atoms with Crippen LogP contribution >= 0.6 is 0 Å². The molecule has 1 aliphatic rings. The van der Waals surface area contributed by atoms with E-state index in [1.54, 1.807) is 0 Å². The summed E-state index contributed by atoms with van der Waals surface area (Å²) < 4.78 is 28.0. The molecule has 0 fully saturated rings. The first-order chi connectivity index (χ1) is 9.98. The van der Waals surface area contributed by atoms with Crippen molar-refractivity contribution in [2.75, 3.05) is 20.8 Å². The second-order valence-electron chi connectivity index (χ2n) is 7.12. The molecule has 0 spiro atoms. The summed E-state index contributed by atoms with van der Waals surface area (Å²) in [6.45, 7) is 12.9. The van der Waals surface area contributed by atoms with Crippen molar-refractivity contribution in [1.29, 1.82) is 0 Å². The molecule has 8 heteroatoms. The Kier molecular flexibility index (Phi) is 6.25. The van der Waals surface area contributed by atoms with Crippen LogP contribution in [0.15, 0.2) is 11.5 Å². The quantitative estimate of drug-likeness (QED) is 0.496. The van der Waals surface area contributed by atoms with Gasteiger partial charge < -0.3 is 23.1 Å². The molecule has 1 aliphatic heterocycles. The molecule has 6 nitrogen and oxygen atoms in total. The molecule has 0 aromatic carbocycles. The third kappa shape index (κ3) is 5.42. The number of cyclic esters (lactones) is 1. The molecule has 2 atom stereocenters. The number of hydrogen-bond acceptors (Lipinski definition) is 6. The summed E-state index contributed by atoms with van der Waals surface area (Å²) in [7, 11) is -0.654. The molecule has 0 amide bonds. The average Bonchev–Trinajstić information content (AvgIpc) is 2.68. The van der Waals surface area contributed by atoms with E-state index in [0.29, 0.717) is 12.4 Å². The van der Waals surface area contributed by atoms with E-state index in [1.165, 1.54) is 14.2 Å². The zero-order valence-corrected chi connectivity index (χ0v) is 16.8. The number of methoxy groups -OCH3 is 2. The van der Waals surface area contributed by atoms with Gasteiger partial charge in [0.05, 0.1) is 20.8 Å². The van der Waals surface area contributed by atoms with E-state index in [1.807, 2.05) is 0 Å². The summed E-state index contributed by atoms with van der Waals surface area (Å²) in [5.41, 5.74) is 0. The lowest BCUT2D eigenvalue weighted by Gasteiger charge is -2.32. The molecular formula is C14H28O6Si2. The maximum atomic E-state index is 11.9. The van der Waals surface area contributed by atoms with E-state index in [2.05, 4.69) is 39.3 Å². The van der Waals surface area contributed by atoms with Gasteiger partial charge >= 0.3 is 5.97 Å². The van der Waals surface area contributed by atoms with Gasteiger partial charge in [-0.05, 0) is 39.3 Å². The molecule has 0 radical (unpaired) electrons. The molecule has 0 aromatic heterocycles. The van der Waals surface area contributed by atoms with Crippen molar-refractivity contribution in [3.8, 4) is 0 Å². The van der Waals surface area contributed by atoms with Crippen LogP contribution in [0, 0.1) is 0 Å². The van der Waals surface area contributed by atoms with Crippen molar-refractivity contribution in [2.45, 2.75) is 51.5 Å². The molecular weight excluding hydrogens is 320 g/mol. The highest BCUT2D eigenvalue weighted by Crippen LogP contribution is 2.29. The highest BCUT2D eigenvalue weighted by Gasteiger charge is 2.44. The number of carbonyl (C=O) groups excluding carboxylic acids is 1. The fourth-order valence-corrected chi connectivity index (χ4v) is 3.82. The third-order valence-electron chi connectivity index (χ3n) is 2.85. The molecule has 0 saturated heterocycles. The lowest BCUT2D eigenvalue weighted by atomic mass is 10.2.